The van der Waals surface area contributed by atoms with Crippen LogP contribution in [0.2, 0.25) is 0 Å². The fourth-order valence-electron chi connectivity index (χ4n) is 2.40. The number of hydrogen-bond acceptors (Lipinski definition) is 4. The fraction of sp³-hybridized carbons (Fsp3) is 0.429. The number of carbonyl (C=O) groups is 2. The molecule has 2 fully saturated rings. The first-order chi connectivity index (χ1) is 10.1. The van der Waals surface area contributed by atoms with Crippen LogP contribution in [0, 0.1) is 5.92 Å². The Bertz CT molecular complexity index is 596. The lowest BCUT2D eigenvalue weighted by Gasteiger charge is -2.26. The minimum absolute atomic E-state index is 0.00779. The van der Waals surface area contributed by atoms with Crippen molar-refractivity contribution < 1.29 is 19.1 Å². The number of amides is 1. The lowest BCUT2D eigenvalue weighted by atomic mass is 10.2. The first kappa shape index (κ1) is 14.7. The third kappa shape index (κ3) is 3.18. The van der Waals surface area contributed by atoms with E-state index in [1.807, 2.05) is 0 Å². The number of aliphatic carboxylic acids is 1. The van der Waals surface area contributed by atoms with E-state index >= 15 is 0 Å². The molecule has 2 aliphatic rings. The third-order valence-corrected chi connectivity index (χ3v) is 5.47. The number of thioether (sulfide) groups is 1. The molecule has 1 N–H and O–H groups in total. The lowest BCUT2D eigenvalue weighted by molar-refractivity contribution is -0.147. The van der Waals surface area contributed by atoms with Crippen LogP contribution in [0.15, 0.2) is 27.3 Å². The Morgan fingerprint density at radius 1 is 1.43 bits per heavy atom. The van der Waals surface area contributed by atoms with Gasteiger partial charge in [0.15, 0.2) is 4.67 Å². The normalized spacial score (nSPS) is 25.7. The third-order valence-electron chi connectivity index (χ3n) is 3.58. The van der Waals surface area contributed by atoms with Crippen LogP contribution in [0.25, 0.3) is 6.08 Å². The minimum Gasteiger partial charge on any atom is -0.480 e. The second kappa shape index (κ2) is 5.88. The second-order valence-electron chi connectivity index (χ2n) is 5.14. The SMILES string of the molecule is O=C(O)C1CSC(C2CC2)N1C(=O)C=Cc1ccc(Br)o1. The molecule has 3 rings (SSSR count). The van der Waals surface area contributed by atoms with E-state index in [4.69, 9.17) is 4.42 Å². The molecule has 2 unspecified atom stereocenters. The molecule has 7 heteroatoms. The van der Waals surface area contributed by atoms with Gasteiger partial charge in [-0.25, -0.2) is 4.79 Å². The highest BCUT2D eigenvalue weighted by Crippen LogP contribution is 2.45. The zero-order chi connectivity index (χ0) is 15.0. The monoisotopic (exact) mass is 371 g/mol. The van der Waals surface area contributed by atoms with Crippen LogP contribution < -0.4 is 0 Å². The van der Waals surface area contributed by atoms with Gasteiger partial charge in [0.2, 0.25) is 5.91 Å². The van der Waals surface area contributed by atoms with Crippen LogP contribution in [0.5, 0.6) is 0 Å². The topological polar surface area (TPSA) is 70.8 Å². The number of nitrogens with zero attached hydrogens (tertiary/aromatic N) is 1. The summed E-state index contributed by atoms with van der Waals surface area (Å²) >= 11 is 4.77. The van der Waals surface area contributed by atoms with Gasteiger partial charge >= 0.3 is 5.97 Å². The Kier molecular flexibility index (Phi) is 4.12. The van der Waals surface area contributed by atoms with Crippen molar-refractivity contribution in [2.45, 2.75) is 24.3 Å². The van der Waals surface area contributed by atoms with Crippen molar-refractivity contribution in [1.82, 2.24) is 4.90 Å². The molecular formula is C14H14BrNO4S. The maximum absolute atomic E-state index is 12.4. The zero-order valence-electron chi connectivity index (χ0n) is 11.1. The average molecular weight is 372 g/mol. The molecule has 1 saturated carbocycles. The van der Waals surface area contributed by atoms with Gasteiger partial charge in [-0.15, -0.1) is 11.8 Å². The summed E-state index contributed by atoms with van der Waals surface area (Å²) in [6.45, 7) is 0. The van der Waals surface area contributed by atoms with Crippen LogP contribution >= 0.6 is 27.7 Å². The molecule has 112 valence electrons. The van der Waals surface area contributed by atoms with Gasteiger partial charge in [0.25, 0.3) is 0 Å². The first-order valence-electron chi connectivity index (χ1n) is 6.66. The smallest absolute Gasteiger partial charge is 0.327 e. The molecule has 1 aromatic heterocycles. The van der Waals surface area contributed by atoms with E-state index in [1.165, 1.54) is 11.0 Å². The van der Waals surface area contributed by atoms with Gasteiger partial charge in [-0.05, 0) is 52.9 Å². The van der Waals surface area contributed by atoms with Crippen LogP contribution in [0.3, 0.4) is 0 Å². The van der Waals surface area contributed by atoms with Gasteiger partial charge in [-0.2, -0.15) is 0 Å². The number of furan rings is 1. The number of carbonyl (C=O) groups excluding carboxylic acids is 1. The van der Waals surface area contributed by atoms with Crippen LogP contribution in [-0.2, 0) is 9.59 Å². The Morgan fingerprint density at radius 3 is 2.76 bits per heavy atom. The molecule has 1 saturated heterocycles. The Labute approximate surface area is 134 Å². The highest BCUT2D eigenvalue weighted by atomic mass is 79.9. The highest BCUT2D eigenvalue weighted by Gasteiger charge is 2.47. The molecular weight excluding hydrogens is 358 g/mol. The van der Waals surface area contributed by atoms with Gasteiger partial charge in [0, 0.05) is 11.8 Å². The largest absolute Gasteiger partial charge is 0.480 e. The number of carboxylic acids is 1. The number of carboxylic acid groups (broad SMARTS) is 1. The van der Waals surface area contributed by atoms with E-state index in [9.17, 15) is 14.7 Å². The zero-order valence-corrected chi connectivity index (χ0v) is 13.5. The fourth-order valence-corrected chi connectivity index (χ4v) is 4.36. The van der Waals surface area contributed by atoms with Crippen molar-refractivity contribution in [2.24, 2.45) is 5.92 Å². The van der Waals surface area contributed by atoms with Crippen LogP contribution in [0.4, 0.5) is 0 Å². The summed E-state index contributed by atoms with van der Waals surface area (Å²) in [6.07, 6.45) is 5.10. The summed E-state index contributed by atoms with van der Waals surface area (Å²) in [7, 11) is 0. The van der Waals surface area contributed by atoms with E-state index in [-0.39, 0.29) is 11.3 Å². The van der Waals surface area contributed by atoms with Gasteiger partial charge in [-0.1, -0.05) is 0 Å². The molecule has 0 radical (unpaired) electrons. The van der Waals surface area contributed by atoms with Crippen molar-refractivity contribution in [1.29, 1.82) is 0 Å². The number of hydrogen-bond donors (Lipinski definition) is 1. The van der Waals surface area contributed by atoms with Crippen molar-refractivity contribution >= 4 is 45.6 Å². The minimum atomic E-state index is -0.937. The molecule has 21 heavy (non-hydrogen) atoms. The van der Waals surface area contributed by atoms with Crippen molar-refractivity contribution in [3.63, 3.8) is 0 Å². The summed E-state index contributed by atoms with van der Waals surface area (Å²) in [6, 6.07) is 2.74. The summed E-state index contributed by atoms with van der Waals surface area (Å²) in [4.78, 5) is 25.2. The van der Waals surface area contributed by atoms with E-state index in [1.54, 1.807) is 30.0 Å². The van der Waals surface area contributed by atoms with E-state index in [0.717, 1.165) is 12.8 Å². The van der Waals surface area contributed by atoms with Gasteiger partial charge in [0.05, 0.1) is 5.37 Å². The number of rotatable bonds is 4. The molecule has 0 spiro atoms. The predicted octanol–water partition coefficient (Wildman–Crippen LogP) is 2.82. The van der Waals surface area contributed by atoms with Gasteiger partial charge in [-0.3, -0.25) is 4.79 Å². The molecule has 1 aliphatic heterocycles. The number of halogens is 1. The Balaban J connectivity index is 1.76. The van der Waals surface area contributed by atoms with Crippen LogP contribution in [-0.4, -0.2) is 39.1 Å². The van der Waals surface area contributed by atoms with E-state index < -0.39 is 12.0 Å². The van der Waals surface area contributed by atoms with Gasteiger partial charge < -0.3 is 14.4 Å². The molecule has 0 aromatic carbocycles. The molecule has 1 aliphatic carbocycles. The van der Waals surface area contributed by atoms with E-state index in [2.05, 4.69) is 15.9 Å². The molecule has 5 nitrogen and oxygen atoms in total. The molecule has 1 aromatic rings. The standard InChI is InChI=1S/C14H14BrNO4S/c15-11-5-3-9(20-11)4-6-12(17)16-10(14(18)19)7-21-13(16)8-1-2-8/h3-6,8,10,13H,1-2,7H2,(H,18,19). The summed E-state index contributed by atoms with van der Waals surface area (Å²) < 4.78 is 5.88. The van der Waals surface area contributed by atoms with E-state index in [0.29, 0.717) is 22.1 Å². The summed E-state index contributed by atoms with van der Waals surface area (Å²) in [5, 5.41) is 9.28. The summed E-state index contributed by atoms with van der Waals surface area (Å²) in [5.41, 5.74) is 0. The molecule has 0 bridgehead atoms. The highest BCUT2D eigenvalue weighted by molar-refractivity contribution is 9.10. The van der Waals surface area contributed by atoms with Crippen molar-refractivity contribution in [2.75, 3.05) is 5.75 Å². The summed E-state index contributed by atoms with van der Waals surface area (Å²) in [5.74, 6) is 0.249. The second-order valence-corrected chi connectivity index (χ2v) is 7.07. The van der Waals surface area contributed by atoms with Crippen molar-refractivity contribution in [3.8, 4) is 0 Å². The Hall–Kier alpha value is -1.21. The first-order valence-corrected chi connectivity index (χ1v) is 8.50. The predicted molar refractivity (Wildman–Crippen MR) is 82.7 cm³/mol. The van der Waals surface area contributed by atoms with Gasteiger partial charge in [0.1, 0.15) is 11.8 Å². The average Bonchev–Trinajstić information content (AvgIpc) is 3.04. The molecule has 2 atom stereocenters. The quantitative estimate of drug-likeness (QED) is 0.823. The Morgan fingerprint density at radius 2 is 2.19 bits per heavy atom. The molecule has 2 heterocycles. The molecule has 1 amide bonds. The van der Waals surface area contributed by atoms with Crippen molar-refractivity contribution in [3.05, 3.63) is 28.6 Å². The maximum atomic E-state index is 12.4. The maximum Gasteiger partial charge on any atom is 0.327 e. The van der Waals surface area contributed by atoms with Crippen LogP contribution in [0.1, 0.15) is 18.6 Å². The lowest BCUT2D eigenvalue weighted by Crippen LogP contribution is -2.45.